The molecule has 122 valence electrons. The predicted molar refractivity (Wildman–Crippen MR) is 98.6 cm³/mol. The third kappa shape index (κ3) is 3.70. The molecule has 0 spiro atoms. The van der Waals surface area contributed by atoms with Crippen molar-refractivity contribution in [3.8, 4) is 22.4 Å². The lowest BCUT2D eigenvalue weighted by Crippen LogP contribution is -2.17. The molecule has 3 heteroatoms. The number of aliphatic hydroxyl groups excluding tert-OH is 1. The highest BCUT2D eigenvalue weighted by Crippen LogP contribution is 2.30. The summed E-state index contributed by atoms with van der Waals surface area (Å²) in [7, 11) is 0. The third-order valence-electron chi connectivity index (χ3n) is 4.14. The smallest absolute Gasteiger partial charge is 0.0708 e. The Morgan fingerprint density at radius 1 is 0.958 bits per heavy atom. The van der Waals surface area contributed by atoms with Gasteiger partial charge >= 0.3 is 0 Å². The zero-order chi connectivity index (χ0) is 16.8. The Morgan fingerprint density at radius 2 is 1.75 bits per heavy atom. The number of nitrogens with one attached hydrogen (secondary N) is 1. The molecule has 0 bridgehead atoms. The molecule has 3 rings (SSSR count). The summed E-state index contributed by atoms with van der Waals surface area (Å²) in [6.07, 6.45) is 1.85. The lowest BCUT2D eigenvalue weighted by atomic mass is 9.94. The summed E-state index contributed by atoms with van der Waals surface area (Å²) in [6, 6.07) is 20.9. The number of benzene rings is 2. The molecule has 3 nitrogen and oxygen atoms in total. The van der Waals surface area contributed by atoms with E-state index in [1.165, 1.54) is 16.7 Å². The maximum atomic E-state index is 8.88. The van der Waals surface area contributed by atoms with Gasteiger partial charge in [0.05, 0.1) is 12.3 Å². The normalized spacial score (nSPS) is 10.8. The molecule has 0 amide bonds. The van der Waals surface area contributed by atoms with E-state index in [1.54, 1.807) is 0 Å². The largest absolute Gasteiger partial charge is 0.395 e. The van der Waals surface area contributed by atoms with Gasteiger partial charge in [0.15, 0.2) is 0 Å². The molecular weight excluding hydrogens is 296 g/mol. The molecule has 0 fully saturated rings. The fourth-order valence-corrected chi connectivity index (χ4v) is 2.89. The maximum absolute atomic E-state index is 8.88. The van der Waals surface area contributed by atoms with E-state index < -0.39 is 0 Å². The van der Waals surface area contributed by atoms with Crippen LogP contribution >= 0.6 is 0 Å². The number of nitrogens with zero attached hydrogens (tertiary/aromatic N) is 1. The Balaban J connectivity index is 1.94. The van der Waals surface area contributed by atoms with Crippen molar-refractivity contribution >= 4 is 0 Å². The molecule has 0 aliphatic carbocycles. The molecule has 0 saturated carbocycles. The van der Waals surface area contributed by atoms with Gasteiger partial charge in [-0.2, -0.15) is 0 Å². The molecule has 0 aliphatic heterocycles. The van der Waals surface area contributed by atoms with Gasteiger partial charge in [-0.1, -0.05) is 48.5 Å². The first-order valence-electron chi connectivity index (χ1n) is 8.21. The van der Waals surface area contributed by atoms with Crippen molar-refractivity contribution in [2.75, 3.05) is 13.2 Å². The molecule has 0 aliphatic rings. The van der Waals surface area contributed by atoms with Gasteiger partial charge in [0, 0.05) is 24.8 Å². The van der Waals surface area contributed by atoms with E-state index in [1.807, 2.05) is 18.3 Å². The third-order valence-corrected chi connectivity index (χ3v) is 4.14. The summed E-state index contributed by atoms with van der Waals surface area (Å²) in [5.41, 5.74) is 6.99. The van der Waals surface area contributed by atoms with Gasteiger partial charge in [-0.15, -0.1) is 0 Å². The second-order valence-corrected chi connectivity index (χ2v) is 5.79. The first kappa shape index (κ1) is 16.4. The van der Waals surface area contributed by atoms with E-state index >= 15 is 0 Å². The summed E-state index contributed by atoms with van der Waals surface area (Å²) >= 11 is 0. The van der Waals surface area contributed by atoms with Gasteiger partial charge in [0.1, 0.15) is 0 Å². The summed E-state index contributed by atoms with van der Waals surface area (Å²) in [5.74, 6) is 0. The van der Waals surface area contributed by atoms with Crippen molar-refractivity contribution in [2.24, 2.45) is 0 Å². The SMILES string of the molecule is Cc1c(-c2ccccc2)cccc1-c1cc(CNCCO)ccn1. The average molecular weight is 318 g/mol. The zero-order valence-corrected chi connectivity index (χ0v) is 13.9. The molecular formula is C21H22N2O. The Bertz CT molecular complexity index is 800. The first-order valence-corrected chi connectivity index (χ1v) is 8.21. The average Bonchev–Trinajstić information content (AvgIpc) is 2.63. The first-order chi connectivity index (χ1) is 11.8. The summed E-state index contributed by atoms with van der Waals surface area (Å²) in [5, 5.41) is 12.1. The lowest BCUT2D eigenvalue weighted by molar-refractivity contribution is 0.292. The minimum atomic E-state index is 0.149. The second-order valence-electron chi connectivity index (χ2n) is 5.79. The molecule has 2 N–H and O–H groups in total. The van der Waals surface area contributed by atoms with Gasteiger partial charge in [-0.3, -0.25) is 4.98 Å². The predicted octanol–water partition coefficient (Wildman–Crippen LogP) is 3.81. The number of aromatic nitrogens is 1. The Kier molecular flexibility index (Phi) is 5.36. The van der Waals surface area contributed by atoms with E-state index in [2.05, 4.69) is 65.8 Å². The van der Waals surface area contributed by atoms with Crippen LogP contribution in [0.4, 0.5) is 0 Å². The molecule has 0 radical (unpaired) electrons. The van der Waals surface area contributed by atoms with Crippen LogP contribution in [0.5, 0.6) is 0 Å². The molecule has 1 aromatic heterocycles. The van der Waals surface area contributed by atoms with Crippen LogP contribution in [0.15, 0.2) is 66.9 Å². The van der Waals surface area contributed by atoms with Crippen molar-refractivity contribution in [2.45, 2.75) is 13.5 Å². The van der Waals surface area contributed by atoms with Crippen LogP contribution in [0.1, 0.15) is 11.1 Å². The van der Waals surface area contributed by atoms with Gasteiger partial charge in [-0.25, -0.2) is 0 Å². The lowest BCUT2D eigenvalue weighted by Gasteiger charge is -2.12. The van der Waals surface area contributed by atoms with E-state index in [0.29, 0.717) is 6.54 Å². The quantitative estimate of drug-likeness (QED) is 0.679. The van der Waals surface area contributed by atoms with Gasteiger partial charge in [-0.05, 0) is 41.3 Å². The van der Waals surface area contributed by atoms with Crippen molar-refractivity contribution in [3.05, 3.63) is 78.0 Å². The van der Waals surface area contributed by atoms with Crippen LogP contribution < -0.4 is 5.32 Å². The molecule has 1 heterocycles. The van der Waals surface area contributed by atoms with Crippen LogP contribution in [0.25, 0.3) is 22.4 Å². The van der Waals surface area contributed by atoms with E-state index in [0.717, 1.165) is 23.4 Å². The van der Waals surface area contributed by atoms with Crippen molar-refractivity contribution in [1.82, 2.24) is 10.3 Å². The maximum Gasteiger partial charge on any atom is 0.0708 e. The van der Waals surface area contributed by atoms with Crippen LogP contribution in [-0.2, 0) is 6.54 Å². The topological polar surface area (TPSA) is 45.1 Å². The van der Waals surface area contributed by atoms with Crippen molar-refractivity contribution in [1.29, 1.82) is 0 Å². The fraction of sp³-hybridized carbons (Fsp3) is 0.190. The molecule has 2 aromatic carbocycles. The Morgan fingerprint density at radius 3 is 2.54 bits per heavy atom. The summed E-state index contributed by atoms with van der Waals surface area (Å²) in [6.45, 7) is 3.62. The standard InChI is InChI=1S/C21H22N2O/c1-16-19(18-6-3-2-4-7-18)8-5-9-20(16)21-14-17(10-11-23-21)15-22-12-13-24/h2-11,14,22,24H,12-13,15H2,1H3. The minimum Gasteiger partial charge on any atom is -0.395 e. The monoisotopic (exact) mass is 318 g/mol. The minimum absolute atomic E-state index is 0.149. The summed E-state index contributed by atoms with van der Waals surface area (Å²) < 4.78 is 0. The summed E-state index contributed by atoms with van der Waals surface area (Å²) in [4.78, 5) is 4.56. The molecule has 24 heavy (non-hydrogen) atoms. The van der Waals surface area contributed by atoms with Gasteiger partial charge in [0.25, 0.3) is 0 Å². The number of pyridine rings is 1. The highest BCUT2D eigenvalue weighted by molar-refractivity contribution is 5.76. The molecule has 0 atom stereocenters. The van der Waals surface area contributed by atoms with Crippen LogP contribution in [0.2, 0.25) is 0 Å². The fourth-order valence-electron chi connectivity index (χ4n) is 2.89. The highest BCUT2D eigenvalue weighted by atomic mass is 16.3. The molecule has 0 saturated heterocycles. The van der Waals surface area contributed by atoms with Crippen LogP contribution in [0.3, 0.4) is 0 Å². The molecule has 3 aromatic rings. The second kappa shape index (κ2) is 7.86. The highest BCUT2D eigenvalue weighted by Gasteiger charge is 2.09. The van der Waals surface area contributed by atoms with Crippen LogP contribution in [0, 0.1) is 6.92 Å². The number of hydrogen-bond donors (Lipinski definition) is 2. The van der Waals surface area contributed by atoms with Crippen molar-refractivity contribution in [3.63, 3.8) is 0 Å². The Labute approximate surface area is 143 Å². The van der Waals surface area contributed by atoms with Gasteiger partial charge in [0.2, 0.25) is 0 Å². The number of rotatable bonds is 6. The van der Waals surface area contributed by atoms with Crippen LogP contribution in [-0.4, -0.2) is 23.2 Å². The van der Waals surface area contributed by atoms with E-state index in [-0.39, 0.29) is 6.61 Å². The number of hydrogen-bond acceptors (Lipinski definition) is 3. The van der Waals surface area contributed by atoms with Gasteiger partial charge < -0.3 is 10.4 Å². The molecule has 0 unspecified atom stereocenters. The number of aliphatic hydroxyl groups is 1. The van der Waals surface area contributed by atoms with E-state index in [4.69, 9.17) is 5.11 Å². The zero-order valence-electron chi connectivity index (χ0n) is 13.9. The van der Waals surface area contributed by atoms with E-state index in [9.17, 15) is 0 Å². The Hall–Kier alpha value is -2.49. The van der Waals surface area contributed by atoms with Crippen molar-refractivity contribution < 1.29 is 5.11 Å².